The summed E-state index contributed by atoms with van der Waals surface area (Å²) in [5.74, 6) is 1.22. The molecule has 2 aromatic rings. The highest BCUT2D eigenvalue weighted by Crippen LogP contribution is 2.39. The minimum Gasteiger partial charge on any atom is -0.496 e. The first-order chi connectivity index (χ1) is 13.5. The zero-order valence-electron chi connectivity index (χ0n) is 16.1. The van der Waals surface area contributed by atoms with Gasteiger partial charge in [-0.1, -0.05) is 29.8 Å². The molecule has 6 nitrogen and oxygen atoms in total. The molecule has 146 valence electrons. The molecule has 0 radical (unpaired) electrons. The van der Waals surface area contributed by atoms with Gasteiger partial charge in [-0.05, 0) is 36.4 Å². The summed E-state index contributed by atoms with van der Waals surface area (Å²) in [6.45, 7) is 2.22. The van der Waals surface area contributed by atoms with Crippen molar-refractivity contribution >= 4 is 29.0 Å². The normalized spacial score (nSPS) is 15.3. The van der Waals surface area contributed by atoms with E-state index in [9.17, 15) is 9.59 Å². The molecule has 0 aromatic heterocycles. The third kappa shape index (κ3) is 3.99. The van der Waals surface area contributed by atoms with E-state index in [1.165, 1.54) is 26.2 Å². The lowest BCUT2D eigenvalue weighted by Crippen LogP contribution is -2.27. The Labute approximate surface area is 168 Å². The van der Waals surface area contributed by atoms with Gasteiger partial charge in [-0.2, -0.15) is 0 Å². The maximum atomic E-state index is 12.8. The van der Waals surface area contributed by atoms with E-state index in [1.54, 1.807) is 18.2 Å². The topological polar surface area (TPSA) is 65.1 Å². The van der Waals surface area contributed by atoms with Crippen LogP contribution < -0.4 is 14.2 Å². The summed E-state index contributed by atoms with van der Waals surface area (Å²) in [7, 11) is 4.60. The van der Waals surface area contributed by atoms with Crippen molar-refractivity contribution in [1.29, 1.82) is 0 Å². The Morgan fingerprint density at radius 2 is 1.64 bits per heavy atom. The molecule has 3 rings (SSSR count). The number of imide groups is 1. The van der Waals surface area contributed by atoms with Crippen LogP contribution in [0.5, 0.6) is 17.2 Å². The Bertz CT molecular complexity index is 954. The van der Waals surface area contributed by atoms with Crippen LogP contribution in [-0.2, 0) is 11.3 Å². The average molecular weight is 399 g/mol. The van der Waals surface area contributed by atoms with Gasteiger partial charge in [0, 0.05) is 11.6 Å². The second-order valence-corrected chi connectivity index (χ2v) is 7.20. The molecule has 28 heavy (non-hydrogen) atoms. The van der Waals surface area contributed by atoms with Crippen LogP contribution in [0.25, 0.3) is 6.08 Å². The number of benzene rings is 2. The lowest BCUT2D eigenvalue weighted by atomic mass is 10.1. The fourth-order valence-corrected chi connectivity index (χ4v) is 3.77. The molecule has 0 aliphatic carbocycles. The molecule has 1 aliphatic rings. The van der Waals surface area contributed by atoms with Gasteiger partial charge >= 0.3 is 0 Å². The van der Waals surface area contributed by atoms with Crippen LogP contribution in [0.3, 0.4) is 0 Å². The van der Waals surface area contributed by atoms with E-state index >= 15 is 0 Å². The van der Waals surface area contributed by atoms with Crippen LogP contribution in [0.4, 0.5) is 4.79 Å². The summed E-state index contributed by atoms with van der Waals surface area (Å²) in [5, 5.41) is -0.294. The largest absolute Gasteiger partial charge is 0.496 e. The van der Waals surface area contributed by atoms with Crippen molar-refractivity contribution < 1.29 is 23.8 Å². The van der Waals surface area contributed by atoms with Crippen LogP contribution >= 0.6 is 11.8 Å². The summed E-state index contributed by atoms with van der Waals surface area (Å²) in [6.07, 6.45) is 1.64. The van der Waals surface area contributed by atoms with E-state index in [4.69, 9.17) is 14.2 Å². The van der Waals surface area contributed by atoms with Crippen LogP contribution in [0.2, 0.25) is 0 Å². The predicted octanol–water partition coefficient (Wildman–Crippen LogP) is 4.26. The fourth-order valence-electron chi connectivity index (χ4n) is 2.94. The smallest absolute Gasteiger partial charge is 0.293 e. The minimum atomic E-state index is -0.326. The monoisotopic (exact) mass is 399 g/mol. The van der Waals surface area contributed by atoms with Crippen LogP contribution in [0, 0.1) is 6.92 Å². The van der Waals surface area contributed by atoms with Crippen LogP contribution in [0.15, 0.2) is 41.3 Å². The van der Waals surface area contributed by atoms with Gasteiger partial charge in [0.05, 0.1) is 32.8 Å². The predicted molar refractivity (Wildman–Crippen MR) is 109 cm³/mol. The Balaban J connectivity index is 1.91. The molecular weight excluding hydrogens is 378 g/mol. The molecule has 1 aliphatic heterocycles. The van der Waals surface area contributed by atoms with Gasteiger partial charge in [-0.3, -0.25) is 14.5 Å². The Morgan fingerprint density at radius 1 is 0.964 bits per heavy atom. The number of hydrogen-bond donors (Lipinski definition) is 0. The van der Waals surface area contributed by atoms with Gasteiger partial charge < -0.3 is 14.2 Å². The van der Waals surface area contributed by atoms with Gasteiger partial charge in [0.2, 0.25) is 0 Å². The maximum Gasteiger partial charge on any atom is 0.293 e. The molecule has 2 aromatic carbocycles. The first-order valence-electron chi connectivity index (χ1n) is 8.57. The molecule has 1 heterocycles. The molecule has 0 spiro atoms. The van der Waals surface area contributed by atoms with E-state index in [0.29, 0.717) is 27.7 Å². The SMILES string of the molecule is COc1cc(OC)c(OC)cc1/C=C1\SC(=O)N(Cc2cccc(C)c2)C1=O. The van der Waals surface area contributed by atoms with Crippen LogP contribution in [-0.4, -0.2) is 37.4 Å². The fraction of sp³-hybridized carbons (Fsp3) is 0.238. The minimum absolute atomic E-state index is 0.243. The molecule has 2 amide bonds. The first-order valence-corrected chi connectivity index (χ1v) is 9.39. The first kappa shape index (κ1) is 19.8. The number of nitrogens with zero attached hydrogens (tertiary/aromatic N) is 1. The second-order valence-electron chi connectivity index (χ2n) is 6.21. The van der Waals surface area contributed by atoms with Gasteiger partial charge in [0.15, 0.2) is 11.5 Å². The third-order valence-electron chi connectivity index (χ3n) is 4.32. The third-order valence-corrected chi connectivity index (χ3v) is 5.23. The lowest BCUT2D eigenvalue weighted by Gasteiger charge is -2.13. The molecule has 1 fully saturated rings. The summed E-state index contributed by atoms with van der Waals surface area (Å²) >= 11 is 0.914. The molecule has 0 bridgehead atoms. The quantitative estimate of drug-likeness (QED) is 0.677. The zero-order chi connectivity index (χ0) is 20.3. The summed E-state index contributed by atoms with van der Waals surface area (Å²) < 4.78 is 16.0. The molecule has 1 saturated heterocycles. The van der Waals surface area contributed by atoms with E-state index in [0.717, 1.165) is 22.9 Å². The molecule has 0 N–H and O–H groups in total. The van der Waals surface area contributed by atoms with Gasteiger partial charge in [-0.25, -0.2) is 0 Å². The molecule has 0 atom stereocenters. The molecule has 0 saturated carbocycles. The lowest BCUT2D eigenvalue weighted by molar-refractivity contribution is -0.123. The Hall–Kier alpha value is -2.93. The molecular formula is C21H21NO5S. The average Bonchev–Trinajstić information content (AvgIpc) is 2.95. The molecule has 7 heteroatoms. The number of methoxy groups -OCH3 is 3. The number of thioether (sulfide) groups is 1. The van der Waals surface area contributed by atoms with Crippen molar-refractivity contribution in [3.63, 3.8) is 0 Å². The van der Waals surface area contributed by atoms with E-state index in [2.05, 4.69) is 0 Å². The van der Waals surface area contributed by atoms with Crippen molar-refractivity contribution in [3.05, 3.63) is 58.0 Å². The Morgan fingerprint density at radius 3 is 2.29 bits per heavy atom. The summed E-state index contributed by atoms with van der Waals surface area (Å²) in [4.78, 5) is 26.8. The number of ether oxygens (including phenoxy) is 3. The Kier molecular flexibility index (Phi) is 5.94. The van der Waals surface area contributed by atoms with Crippen molar-refractivity contribution in [2.24, 2.45) is 0 Å². The van der Waals surface area contributed by atoms with E-state index in [1.807, 2.05) is 31.2 Å². The zero-order valence-corrected chi connectivity index (χ0v) is 17.0. The van der Waals surface area contributed by atoms with E-state index < -0.39 is 0 Å². The van der Waals surface area contributed by atoms with Gasteiger partial charge in [0.1, 0.15) is 5.75 Å². The number of amides is 2. The standard InChI is InChI=1S/C21H21NO5S/c1-13-6-5-7-14(8-13)12-22-20(23)19(28-21(22)24)10-15-9-17(26-3)18(27-4)11-16(15)25-2/h5-11H,12H2,1-4H3/b19-10-. The number of aryl methyl sites for hydroxylation is 1. The summed E-state index contributed by atoms with van der Waals surface area (Å²) in [5.41, 5.74) is 2.61. The second kappa shape index (κ2) is 8.39. The highest BCUT2D eigenvalue weighted by Gasteiger charge is 2.35. The van der Waals surface area contributed by atoms with Crippen molar-refractivity contribution in [2.75, 3.05) is 21.3 Å². The summed E-state index contributed by atoms with van der Waals surface area (Å²) in [6, 6.07) is 11.1. The van der Waals surface area contributed by atoms with Gasteiger partial charge in [-0.15, -0.1) is 0 Å². The number of carbonyl (C=O) groups is 2. The van der Waals surface area contributed by atoms with E-state index in [-0.39, 0.29) is 17.7 Å². The maximum absolute atomic E-state index is 12.8. The van der Waals surface area contributed by atoms with Crippen molar-refractivity contribution in [1.82, 2.24) is 4.90 Å². The highest BCUT2D eigenvalue weighted by atomic mass is 32.2. The van der Waals surface area contributed by atoms with Crippen molar-refractivity contribution in [2.45, 2.75) is 13.5 Å². The number of hydrogen-bond acceptors (Lipinski definition) is 6. The number of rotatable bonds is 6. The van der Waals surface area contributed by atoms with Crippen LogP contribution in [0.1, 0.15) is 16.7 Å². The highest BCUT2D eigenvalue weighted by molar-refractivity contribution is 8.18. The molecule has 0 unspecified atom stereocenters. The van der Waals surface area contributed by atoms with Gasteiger partial charge in [0.25, 0.3) is 11.1 Å². The van der Waals surface area contributed by atoms with Crippen molar-refractivity contribution in [3.8, 4) is 17.2 Å². The number of carbonyl (C=O) groups excluding carboxylic acids is 2.